The van der Waals surface area contributed by atoms with E-state index in [0.29, 0.717) is 24.2 Å². The molecule has 1 aromatic heterocycles. The fourth-order valence-corrected chi connectivity index (χ4v) is 4.44. The van der Waals surface area contributed by atoms with Crippen molar-refractivity contribution in [3.8, 4) is 0 Å². The normalized spacial score (nSPS) is 24.3. The molecule has 2 N–H and O–H groups in total. The van der Waals surface area contributed by atoms with Crippen LogP contribution in [0.1, 0.15) is 18.4 Å². The number of aromatic nitrogens is 1. The summed E-state index contributed by atoms with van der Waals surface area (Å²) < 4.78 is 13.2. The lowest BCUT2D eigenvalue weighted by atomic mass is 9.80. The number of nitrogens with zero attached hydrogens (tertiary/aromatic N) is 4. The quantitative estimate of drug-likeness (QED) is 0.819. The van der Waals surface area contributed by atoms with E-state index >= 15 is 0 Å². The maximum atomic E-state index is 13.2. The van der Waals surface area contributed by atoms with Gasteiger partial charge in [-0.05, 0) is 54.3 Å². The minimum Gasteiger partial charge on any atom is -0.326 e. The van der Waals surface area contributed by atoms with Gasteiger partial charge in [0.25, 0.3) is 0 Å². The zero-order chi connectivity index (χ0) is 20.7. The molecule has 2 amide bonds. The number of benzene rings is 1. The molecule has 7 nitrogen and oxygen atoms in total. The Bertz CT molecular complexity index is 1010. The van der Waals surface area contributed by atoms with Gasteiger partial charge in [-0.1, -0.05) is 13.0 Å². The van der Waals surface area contributed by atoms with Crippen LogP contribution in [-0.4, -0.2) is 41.5 Å². The molecule has 3 atom stereocenters. The standard InChI is InChI=1S/C22H23FN6O/c1-14(15-3-2-8-24-9-15)18-10-25-11-19(18)21-26-20-12-28(13-29(20)22(30)27-21)17-6-4-16(23)5-7-17/h2-9,12,14,18-19,25H,10-11,13H2,1H3,(H,26,27,30). The monoisotopic (exact) mass is 406 g/mol. The number of amides is 2. The third-order valence-corrected chi connectivity index (χ3v) is 6.18. The zero-order valence-corrected chi connectivity index (χ0v) is 16.6. The Morgan fingerprint density at radius 3 is 2.80 bits per heavy atom. The average Bonchev–Trinajstić information content (AvgIpc) is 3.42. The first-order chi connectivity index (χ1) is 14.6. The fourth-order valence-electron chi connectivity index (χ4n) is 4.44. The minimum absolute atomic E-state index is 0.104. The number of fused-ring (bicyclic) bond motifs is 1. The molecule has 5 rings (SSSR count). The molecular formula is C22H23FN6O. The highest BCUT2D eigenvalue weighted by Crippen LogP contribution is 2.34. The summed E-state index contributed by atoms with van der Waals surface area (Å²) in [5.74, 6) is 1.71. The molecule has 0 bridgehead atoms. The molecule has 1 saturated heterocycles. The number of carbonyl (C=O) groups excluding carboxylic acids is 1. The summed E-state index contributed by atoms with van der Waals surface area (Å²) in [5, 5.41) is 6.45. The highest BCUT2D eigenvalue weighted by atomic mass is 19.1. The van der Waals surface area contributed by atoms with E-state index in [1.807, 2.05) is 23.4 Å². The molecule has 0 aliphatic carbocycles. The Balaban J connectivity index is 1.40. The van der Waals surface area contributed by atoms with Crippen molar-refractivity contribution in [3.63, 3.8) is 0 Å². The highest BCUT2D eigenvalue weighted by Gasteiger charge is 2.40. The lowest BCUT2D eigenvalue weighted by molar-refractivity contribution is 0.216. The van der Waals surface area contributed by atoms with Gasteiger partial charge in [-0.25, -0.2) is 14.2 Å². The number of urea groups is 1. The van der Waals surface area contributed by atoms with Gasteiger partial charge in [-0.2, -0.15) is 0 Å². The Morgan fingerprint density at radius 2 is 2.03 bits per heavy atom. The van der Waals surface area contributed by atoms with E-state index in [2.05, 4.69) is 28.6 Å². The van der Waals surface area contributed by atoms with Crippen LogP contribution in [0, 0.1) is 17.7 Å². The van der Waals surface area contributed by atoms with Gasteiger partial charge < -0.3 is 10.2 Å². The number of pyridine rings is 1. The van der Waals surface area contributed by atoms with Crippen LogP contribution in [0.25, 0.3) is 0 Å². The van der Waals surface area contributed by atoms with E-state index < -0.39 is 0 Å². The van der Waals surface area contributed by atoms with Crippen molar-refractivity contribution >= 4 is 17.6 Å². The second kappa shape index (κ2) is 7.53. The molecular weight excluding hydrogens is 383 g/mol. The smallest absolute Gasteiger partial charge is 0.326 e. The van der Waals surface area contributed by atoms with Crippen LogP contribution in [0.2, 0.25) is 0 Å². The third-order valence-electron chi connectivity index (χ3n) is 6.18. The minimum atomic E-state index is -0.288. The number of carbonyl (C=O) groups is 1. The van der Waals surface area contributed by atoms with Gasteiger partial charge >= 0.3 is 6.03 Å². The van der Waals surface area contributed by atoms with Gasteiger partial charge in [0.1, 0.15) is 18.3 Å². The molecule has 1 fully saturated rings. The number of halogens is 1. The molecule has 0 saturated carbocycles. The van der Waals surface area contributed by atoms with Crippen LogP contribution < -0.4 is 15.5 Å². The summed E-state index contributed by atoms with van der Waals surface area (Å²) in [6.45, 7) is 4.18. The summed E-state index contributed by atoms with van der Waals surface area (Å²) >= 11 is 0. The van der Waals surface area contributed by atoms with Gasteiger partial charge in [0, 0.05) is 36.7 Å². The van der Waals surface area contributed by atoms with Gasteiger partial charge in [0.05, 0.1) is 0 Å². The maximum Gasteiger partial charge on any atom is 0.329 e. The number of aliphatic imine (C=N–C) groups is 1. The van der Waals surface area contributed by atoms with Crippen molar-refractivity contribution in [1.82, 2.24) is 20.5 Å². The molecule has 1 aromatic carbocycles. The Hall–Kier alpha value is -3.26. The van der Waals surface area contributed by atoms with Crippen LogP contribution >= 0.6 is 0 Å². The Labute approximate surface area is 174 Å². The molecule has 2 aromatic rings. The molecule has 0 spiro atoms. The van der Waals surface area contributed by atoms with Gasteiger partial charge in [0.2, 0.25) is 0 Å². The molecule has 30 heavy (non-hydrogen) atoms. The average molecular weight is 406 g/mol. The summed E-state index contributed by atoms with van der Waals surface area (Å²) in [4.78, 5) is 25.3. The first kappa shape index (κ1) is 18.7. The third kappa shape index (κ3) is 3.33. The fraction of sp³-hybridized carbons (Fsp3) is 0.318. The predicted molar refractivity (Wildman–Crippen MR) is 112 cm³/mol. The van der Waals surface area contributed by atoms with Crippen LogP contribution in [0.4, 0.5) is 14.9 Å². The summed E-state index contributed by atoms with van der Waals surface area (Å²) in [6.07, 6.45) is 5.52. The molecule has 3 aliphatic heterocycles. The second-order valence-corrected chi connectivity index (χ2v) is 7.93. The number of hydrogen-bond acceptors (Lipinski definition) is 5. The molecule has 4 heterocycles. The van der Waals surface area contributed by atoms with E-state index in [1.165, 1.54) is 17.7 Å². The maximum absolute atomic E-state index is 13.2. The molecule has 3 aliphatic rings. The predicted octanol–water partition coefficient (Wildman–Crippen LogP) is 2.86. The number of anilines is 1. The van der Waals surface area contributed by atoms with Crippen molar-refractivity contribution in [3.05, 3.63) is 72.2 Å². The van der Waals surface area contributed by atoms with Gasteiger partial charge in [-0.15, -0.1) is 0 Å². The highest BCUT2D eigenvalue weighted by molar-refractivity contribution is 6.02. The topological polar surface area (TPSA) is 72.9 Å². The molecule has 3 unspecified atom stereocenters. The number of amidine groups is 1. The van der Waals surface area contributed by atoms with Crippen molar-refractivity contribution in [2.24, 2.45) is 16.8 Å². The lowest BCUT2D eigenvalue weighted by Gasteiger charge is -2.31. The van der Waals surface area contributed by atoms with Gasteiger partial charge in [0.15, 0.2) is 5.82 Å². The number of rotatable bonds is 4. The second-order valence-electron chi connectivity index (χ2n) is 7.93. The van der Waals surface area contributed by atoms with Crippen molar-refractivity contribution in [2.45, 2.75) is 12.8 Å². The zero-order valence-electron chi connectivity index (χ0n) is 16.6. The van der Waals surface area contributed by atoms with Crippen LogP contribution in [0.15, 0.2) is 65.8 Å². The van der Waals surface area contributed by atoms with Gasteiger partial charge in [-0.3, -0.25) is 15.2 Å². The summed E-state index contributed by atoms with van der Waals surface area (Å²) in [6, 6.07) is 10.1. The van der Waals surface area contributed by atoms with E-state index in [0.717, 1.165) is 18.8 Å². The molecule has 0 radical (unpaired) electrons. The SMILES string of the molecule is CC(c1cccnc1)C1CNCC1C1=NC2=CN(c3ccc(F)cc3)CN2C(=O)N1. The Morgan fingerprint density at radius 1 is 1.20 bits per heavy atom. The lowest BCUT2D eigenvalue weighted by Crippen LogP contribution is -2.50. The van der Waals surface area contributed by atoms with E-state index in [4.69, 9.17) is 4.99 Å². The van der Waals surface area contributed by atoms with Crippen molar-refractivity contribution in [1.29, 1.82) is 0 Å². The summed E-state index contributed by atoms with van der Waals surface area (Å²) in [5.41, 5.74) is 2.00. The number of nitrogens with one attached hydrogen (secondary N) is 2. The van der Waals surface area contributed by atoms with Crippen molar-refractivity contribution < 1.29 is 9.18 Å². The van der Waals surface area contributed by atoms with Crippen LogP contribution in [0.5, 0.6) is 0 Å². The molecule has 8 heteroatoms. The van der Waals surface area contributed by atoms with Crippen molar-refractivity contribution in [2.75, 3.05) is 24.7 Å². The van der Waals surface area contributed by atoms with E-state index in [9.17, 15) is 9.18 Å². The van der Waals surface area contributed by atoms with E-state index in [1.54, 1.807) is 23.2 Å². The largest absolute Gasteiger partial charge is 0.329 e. The molecule has 154 valence electrons. The number of hydrogen-bond donors (Lipinski definition) is 2. The first-order valence-corrected chi connectivity index (χ1v) is 10.1. The Kier molecular flexibility index (Phi) is 4.71. The first-order valence-electron chi connectivity index (χ1n) is 10.1. The van der Waals surface area contributed by atoms with Crippen LogP contribution in [0.3, 0.4) is 0 Å². The van der Waals surface area contributed by atoms with E-state index in [-0.39, 0.29) is 23.7 Å². The van der Waals surface area contributed by atoms with Crippen LogP contribution in [-0.2, 0) is 0 Å². The summed E-state index contributed by atoms with van der Waals surface area (Å²) in [7, 11) is 0.